The van der Waals surface area contributed by atoms with E-state index in [1.807, 2.05) is 19.1 Å². The van der Waals surface area contributed by atoms with Crippen molar-refractivity contribution >= 4 is 11.1 Å². The van der Waals surface area contributed by atoms with E-state index in [9.17, 15) is 5.11 Å². The van der Waals surface area contributed by atoms with Gasteiger partial charge in [0.2, 0.25) is 0 Å². The Morgan fingerprint density at radius 1 is 1.11 bits per heavy atom. The molecular weight excluding hydrogens is 220 g/mol. The minimum Gasteiger partial charge on any atom is -0.507 e. The van der Waals surface area contributed by atoms with Crippen LogP contribution in [-0.4, -0.2) is 5.11 Å². The van der Waals surface area contributed by atoms with Crippen molar-refractivity contribution in [3.8, 4) is 5.75 Å². The molecule has 1 aromatic rings. The second-order valence-corrected chi connectivity index (χ2v) is 5.04. The maximum absolute atomic E-state index is 9.78. The van der Waals surface area contributed by atoms with Crippen molar-refractivity contribution in [1.29, 1.82) is 0 Å². The fraction of sp³-hybridized carbons (Fsp3) is 0.294. The first-order valence-corrected chi connectivity index (χ1v) is 6.14. The highest BCUT2D eigenvalue weighted by molar-refractivity contribution is 5.75. The normalized spacial score (nSPS) is 11.8. The summed E-state index contributed by atoms with van der Waals surface area (Å²) in [5.74, 6) is 0.291. The summed E-state index contributed by atoms with van der Waals surface area (Å²) in [5.41, 5.74) is 6.57. The molecule has 1 heteroatoms. The Hall–Kier alpha value is -1.76. The van der Waals surface area contributed by atoms with Gasteiger partial charge in [0.1, 0.15) is 5.75 Å². The van der Waals surface area contributed by atoms with E-state index in [-0.39, 0.29) is 0 Å². The van der Waals surface area contributed by atoms with Crippen molar-refractivity contribution < 1.29 is 5.11 Å². The molecule has 1 nitrogen and oxygen atoms in total. The van der Waals surface area contributed by atoms with Gasteiger partial charge in [0.15, 0.2) is 0 Å². The Kier molecular flexibility index (Phi) is 4.55. The number of benzene rings is 1. The number of hydrogen-bond acceptors (Lipinski definition) is 1. The van der Waals surface area contributed by atoms with Crippen LogP contribution in [0.25, 0.3) is 11.1 Å². The molecule has 1 N–H and O–H groups in total. The summed E-state index contributed by atoms with van der Waals surface area (Å²) < 4.78 is 0. The lowest BCUT2D eigenvalue weighted by Gasteiger charge is -2.10. The summed E-state index contributed by atoms with van der Waals surface area (Å²) in [7, 11) is 0. The number of allylic oxidation sites excluding steroid dienone is 5. The predicted molar refractivity (Wildman–Crippen MR) is 80.5 cm³/mol. The quantitative estimate of drug-likeness (QED) is 0.724. The molecule has 0 heterocycles. The Balaban J connectivity index is 3.31. The summed E-state index contributed by atoms with van der Waals surface area (Å²) in [5, 5.41) is 9.78. The van der Waals surface area contributed by atoms with E-state index in [0.29, 0.717) is 5.75 Å². The van der Waals surface area contributed by atoms with Crippen LogP contribution in [0, 0.1) is 0 Å². The molecule has 0 radical (unpaired) electrons. The SMILES string of the molecule is C=C(C)c1cc(C(C)=C(C)C=C(C)C)ccc1O. The highest BCUT2D eigenvalue weighted by atomic mass is 16.3. The van der Waals surface area contributed by atoms with Gasteiger partial charge >= 0.3 is 0 Å². The second-order valence-electron chi connectivity index (χ2n) is 5.04. The summed E-state index contributed by atoms with van der Waals surface area (Å²) in [6.07, 6.45) is 2.17. The van der Waals surface area contributed by atoms with Gasteiger partial charge in [0, 0.05) is 5.56 Å². The highest BCUT2D eigenvalue weighted by Gasteiger charge is 2.05. The molecule has 1 aromatic carbocycles. The molecule has 18 heavy (non-hydrogen) atoms. The Labute approximate surface area is 110 Å². The van der Waals surface area contributed by atoms with Gasteiger partial charge in [0.25, 0.3) is 0 Å². The van der Waals surface area contributed by atoms with Crippen LogP contribution >= 0.6 is 0 Å². The second kappa shape index (κ2) is 5.72. The Morgan fingerprint density at radius 3 is 2.22 bits per heavy atom. The highest BCUT2D eigenvalue weighted by Crippen LogP contribution is 2.29. The van der Waals surface area contributed by atoms with Gasteiger partial charge in [-0.1, -0.05) is 24.3 Å². The van der Waals surface area contributed by atoms with Crippen LogP contribution < -0.4 is 0 Å². The molecule has 0 fully saturated rings. The molecule has 0 aliphatic rings. The van der Waals surface area contributed by atoms with Crippen LogP contribution in [0.15, 0.2) is 42.0 Å². The molecule has 0 saturated heterocycles. The van der Waals surface area contributed by atoms with Gasteiger partial charge in [-0.3, -0.25) is 0 Å². The van der Waals surface area contributed by atoms with Crippen molar-refractivity contribution in [1.82, 2.24) is 0 Å². The number of phenolic OH excluding ortho intramolecular Hbond substituents is 1. The lowest BCUT2D eigenvalue weighted by molar-refractivity contribution is 0.473. The number of aromatic hydroxyl groups is 1. The van der Waals surface area contributed by atoms with E-state index in [1.165, 1.54) is 16.7 Å². The first-order valence-electron chi connectivity index (χ1n) is 6.14. The topological polar surface area (TPSA) is 20.2 Å². The molecule has 0 saturated carbocycles. The van der Waals surface area contributed by atoms with E-state index in [2.05, 4.69) is 40.3 Å². The van der Waals surface area contributed by atoms with Crippen molar-refractivity contribution in [3.05, 3.63) is 53.1 Å². The smallest absolute Gasteiger partial charge is 0.123 e. The predicted octanol–water partition coefficient (Wildman–Crippen LogP) is 5.18. The number of phenols is 1. The summed E-state index contributed by atoms with van der Waals surface area (Å²) in [4.78, 5) is 0. The lowest BCUT2D eigenvalue weighted by atomic mass is 9.97. The standard InChI is InChI=1S/C17H22O/c1-11(2)9-13(5)14(6)15-7-8-17(18)16(10-15)12(3)4/h7-10,18H,3H2,1-2,4-6H3. The number of rotatable bonds is 3. The molecular formula is C17H22O. The zero-order valence-electron chi connectivity index (χ0n) is 12.0. The fourth-order valence-electron chi connectivity index (χ4n) is 1.88. The average Bonchev–Trinajstić information content (AvgIpc) is 2.27. The molecule has 0 atom stereocenters. The van der Waals surface area contributed by atoms with E-state index < -0.39 is 0 Å². The molecule has 0 aliphatic heterocycles. The number of hydrogen-bond donors (Lipinski definition) is 1. The first kappa shape index (κ1) is 14.3. The molecule has 0 amide bonds. The third-order valence-corrected chi connectivity index (χ3v) is 2.99. The van der Waals surface area contributed by atoms with Crippen LogP contribution in [0.5, 0.6) is 5.75 Å². The summed E-state index contributed by atoms with van der Waals surface area (Å²) in [6.45, 7) is 14.2. The molecule has 0 aliphatic carbocycles. The minimum atomic E-state index is 0.291. The first-order chi connectivity index (χ1) is 8.32. The van der Waals surface area contributed by atoms with E-state index in [4.69, 9.17) is 0 Å². The minimum absolute atomic E-state index is 0.291. The van der Waals surface area contributed by atoms with Crippen molar-refractivity contribution in [3.63, 3.8) is 0 Å². The molecule has 96 valence electrons. The van der Waals surface area contributed by atoms with Crippen LogP contribution in [0.1, 0.15) is 45.7 Å². The molecule has 1 rings (SSSR count). The maximum atomic E-state index is 9.78. The molecule has 0 unspecified atom stereocenters. The largest absolute Gasteiger partial charge is 0.507 e. The van der Waals surface area contributed by atoms with Gasteiger partial charge < -0.3 is 5.11 Å². The van der Waals surface area contributed by atoms with Crippen LogP contribution in [-0.2, 0) is 0 Å². The van der Waals surface area contributed by atoms with E-state index in [0.717, 1.165) is 16.7 Å². The van der Waals surface area contributed by atoms with E-state index in [1.54, 1.807) is 6.07 Å². The fourth-order valence-corrected chi connectivity index (χ4v) is 1.88. The van der Waals surface area contributed by atoms with Gasteiger partial charge in [-0.25, -0.2) is 0 Å². The van der Waals surface area contributed by atoms with Crippen LogP contribution in [0.3, 0.4) is 0 Å². The van der Waals surface area contributed by atoms with Gasteiger partial charge in [-0.15, -0.1) is 0 Å². The molecule has 0 spiro atoms. The monoisotopic (exact) mass is 242 g/mol. The summed E-state index contributed by atoms with van der Waals surface area (Å²) in [6, 6.07) is 5.67. The van der Waals surface area contributed by atoms with Gasteiger partial charge in [-0.05, 0) is 69.0 Å². The third-order valence-electron chi connectivity index (χ3n) is 2.99. The Morgan fingerprint density at radius 2 is 1.72 bits per heavy atom. The third kappa shape index (κ3) is 3.36. The molecule has 0 bridgehead atoms. The maximum Gasteiger partial charge on any atom is 0.123 e. The van der Waals surface area contributed by atoms with E-state index >= 15 is 0 Å². The zero-order chi connectivity index (χ0) is 13.9. The van der Waals surface area contributed by atoms with Crippen LogP contribution in [0.4, 0.5) is 0 Å². The van der Waals surface area contributed by atoms with Gasteiger partial charge in [0.05, 0.1) is 0 Å². The average molecular weight is 242 g/mol. The van der Waals surface area contributed by atoms with Crippen LogP contribution in [0.2, 0.25) is 0 Å². The van der Waals surface area contributed by atoms with Crippen molar-refractivity contribution in [2.24, 2.45) is 0 Å². The van der Waals surface area contributed by atoms with Crippen molar-refractivity contribution in [2.45, 2.75) is 34.6 Å². The Bertz CT molecular complexity index is 527. The zero-order valence-corrected chi connectivity index (χ0v) is 12.0. The summed E-state index contributed by atoms with van der Waals surface area (Å²) >= 11 is 0. The van der Waals surface area contributed by atoms with Crippen molar-refractivity contribution in [2.75, 3.05) is 0 Å². The lowest BCUT2D eigenvalue weighted by Crippen LogP contribution is -1.88. The van der Waals surface area contributed by atoms with Gasteiger partial charge in [-0.2, -0.15) is 0 Å². The molecule has 0 aromatic heterocycles.